The van der Waals surface area contributed by atoms with Gasteiger partial charge in [0.1, 0.15) is 0 Å². The van der Waals surface area contributed by atoms with Gasteiger partial charge in [0.25, 0.3) is 0 Å². The molecule has 35 valence electrons. The van der Waals surface area contributed by atoms with Gasteiger partial charge in [-0.2, -0.15) is 0 Å². The predicted molar refractivity (Wildman–Crippen MR) is 29.8 cm³/mol. The molecule has 0 atom stereocenters. The number of hydrogen-bond donors (Lipinski definition) is 1. The van der Waals surface area contributed by atoms with Crippen molar-refractivity contribution in [2.24, 2.45) is 0 Å². The Kier molecular flexibility index (Phi) is 9.09. The van der Waals surface area contributed by atoms with Crippen LogP contribution in [0.3, 0.4) is 0 Å². The molecule has 0 aliphatic carbocycles. The van der Waals surface area contributed by atoms with Crippen LogP contribution in [-0.2, 0) is 4.79 Å². The summed E-state index contributed by atoms with van der Waals surface area (Å²) >= 11 is 0. The van der Waals surface area contributed by atoms with Crippen molar-refractivity contribution in [3.8, 4) is 0 Å². The van der Waals surface area contributed by atoms with Crippen LogP contribution in [-0.4, -0.2) is 35.5 Å². The molecule has 0 aromatic heterocycles. The van der Waals surface area contributed by atoms with E-state index in [1.807, 2.05) is 0 Å². The summed E-state index contributed by atoms with van der Waals surface area (Å²) in [6.45, 7) is 4.70. The van der Waals surface area contributed by atoms with Crippen molar-refractivity contribution in [3.05, 3.63) is 12.8 Å². The molecule has 0 saturated heterocycles. The van der Waals surface area contributed by atoms with Crippen molar-refractivity contribution < 1.29 is 4.79 Å². The molecule has 0 saturated carbocycles. The monoisotopic (exact) mass is 108 g/mol. The largest absolute Gasteiger partial charge is 0.334 e. The zero-order valence-corrected chi connectivity index (χ0v) is 6.69. The third-order valence-electron chi connectivity index (χ3n) is 0.305. The Labute approximate surface area is 65.3 Å². The quantitative estimate of drug-likeness (QED) is 0.466. The maximum Gasteiger partial charge on any atom is 0.220 e. The van der Waals surface area contributed by atoms with Crippen molar-refractivity contribution in [1.29, 1.82) is 0 Å². The molecule has 7 heavy (non-hydrogen) atoms. The van der Waals surface area contributed by atoms with E-state index in [0.717, 1.165) is 0 Å². The van der Waals surface area contributed by atoms with E-state index in [4.69, 9.17) is 0 Å². The molecular weight excluding hydrogens is 101 g/mol. The first kappa shape index (κ1) is 10.2. The van der Waals surface area contributed by atoms with Gasteiger partial charge in [0.2, 0.25) is 5.91 Å². The van der Waals surface area contributed by atoms with Crippen molar-refractivity contribution in [1.82, 2.24) is 5.32 Å². The predicted octanol–water partition coefficient (Wildman–Crippen LogP) is -0.115. The molecule has 0 fully saturated rings. The molecule has 0 aliphatic heterocycles. The topological polar surface area (TPSA) is 29.1 Å². The number of hydrogen-bond acceptors (Lipinski definition) is 1. The molecule has 1 amide bonds. The normalized spacial score (nSPS) is 5.86. The van der Waals surface area contributed by atoms with Crippen molar-refractivity contribution in [2.75, 3.05) is 0 Å². The fourth-order valence-corrected chi connectivity index (χ4v) is 0.144. The molecule has 2 nitrogen and oxygen atoms in total. The molecule has 0 spiro atoms. The Bertz CT molecular complexity index is 72.1. The maximum absolute atomic E-state index is 9.86. The summed E-state index contributed by atoms with van der Waals surface area (Å²) in [5.41, 5.74) is 0. The van der Waals surface area contributed by atoms with Gasteiger partial charge in [-0.3, -0.25) is 4.79 Å². The van der Waals surface area contributed by atoms with E-state index in [1.54, 1.807) is 0 Å². The van der Waals surface area contributed by atoms with Crippen LogP contribution in [0, 0.1) is 0 Å². The molecule has 0 aromatic carbocycles. The fraction of sp³-hybridized carbons (Fsp3) is 0.250. The van der Waals surface area contributed by atoms with Gasteiger partial charge in [0, 0.05) is 36.5 Å². The summed E-state index contributed by atoms with van der Waals surface area (Å²) in [6.07, 6.45) is 1.35. The van der Waals surface area contributed by atoms with E-state index in [9.17, 15) is 4.79 Å². The van der Waals surface area contributed by atoms with E-state index in [2.05, 4.69) is 11.9 Å². The molecule has 3 heteroatoms. The number of rotatable bonds is 1. The molecule has 1 N–H and O–H groups in total. The second kappa shape index (κ2) is 6.21. The number of amides is 1. The first-order chi connectivity index (χ1) is 2.77. The van der Waals surface area contributed by atoms with Crippen molar-refractivity contribution in [2.45, 2.75) is 6.92 Å². The third-order valence-corrected chi connectivity index (χ3v) is 0.305. The van der Waals surface area contributed by atoms with Gasteiger partial charge in [-0.15, -0.1) is 0 Å². The van der Waals surface area contributed by atoms with Crippen LogP contribution in [0.25, 0.3) is 0 Å². The van der Waals surface area contributed by atoms with E-state index >= 15 is 0 Å². The Morgan fingerprint density at radius 2 is 2.29 bits per heavy atom. The summed E-state index contributed by atoms with van der Waals surface area (Å²) in [5.74, 6) is -0.0787. The minimum Gasteiger partial charge on any atom is -0.334 e. The Morgan fingerprint density at radius 1 is 1.86 bits per heavy atom. The van der Waals surface area contributed by atoms with E-state index in [-0.39, 0.29) is 35.5 Å². The van der Waals surface area contributed by atoms with E-state index in [0.29, 0.717) is 0 Å². The van der Waals surface area contributed by atoms with Crippen molar-refractivity contribution in [3.63, 3.8) is 0 Å². The second-order valence-corrected chi connectivity index (χ2v) is 0.905. The summed E-state index contributed by atoms with van der Waals surface area (Å²) in [6, 6.07) is 0. The molecule has 1 radical (unpaired) electrons. The average molecular weight is 108 g/mol. The van der Waals surface area contributed by atoms with Crippen LogP contribution in [0.15, 0.2) is 12.8 Å². The maximum atomic E-state index is 9.86. The van der Waals surface area contributed by atoms with Crippen LogP contribution in [0.2, 0.25) is 0 Å². The van der Waals surface area contributed by atoms with Gasteiger partial charge < -0.3 is 5.32 Å². The molecular formula is C4H7NNaO. The van der Waals surface area contributed by atoms with E-state index < -0.39 is 0 Å². The zero-order chi connectivity index (χ0) is 4.99. The van der Waals surface area contributed by atoms with Gasteiger partial charge in [-0.1, -0.05) is 6.58 Å². The first-order valence-corrected chi connectivity index (χ1v) is 1.65. The minimum atomic E-state index is -0.0787. The molecule has 0 bridgehead atoms. The summed E-state index contributed by atoms with van der Waals surface area (Å²) in [7, 11) is 0. The molecule has 0 aliphatic rings. The van der Waals surface area contributed by atoms with Gasteiger partial charge in [-0.25, -0.2) is 0 Å². The Balaban J connectivity index is 0. The standard InChI is InChI=1S/C4H7NO.Na/c1-3-5-4(2)6;/h3H,1H2,2H3,(H,5,6);. The van der Waals surface area contributed by atoms with E-state index in [1.165, 1.54) is 13.1 Å². The van der Waals surface area contributed by atoms with Crippen LogP contribution in [0.4, 0.5) is 0 Å². The molecule has 0 aromatic rings. The third kappa shape index (κ3) is 10.7. The fourth-order valence-electron chi connectivity index (χ4n) is 0.144. The number of nitrogens with one attached hydrogen (secondary N) is 1. The van der Waals surface area contributed by atoms with Gasteiger partial charge in [0.15, 0.2) is 0 Å². The average Bonchev–Trinajstić information content (AvgIpc) is 1.35. The first-order valence-electron chi connectivity index (χ1n) is 1.65. The van der Waals surface area contributed by atoms with Crippen LogP contribution in [0.1, 0.15) is 6.92 Å². The summed E-state index contributed by atoms with van der Waals surface area (Å²) in [4.78, 5) is 9.86. The minimum absolute atomic E-state index is 0. The van der Waals surface area contributed by atoms with Crippen LogP contribution in [0.5, 0.6) is 0 Å². The Hall–Kier alpha value is 0.210. The number of carbonyl (C=O) groups excluding carboxylic acids is 1. The van der Waals surface area contributed by atoms with Gasteiger partial charge in [-0.05, 0) is 6.20 Å². The number of carbonyl (C=O) groups is 1. The molecule has 0 unspecified atom stereocenters. The zero-order valence-electron chi connectivity index (χ0n) is 4.69. The summed E-state index contributed by atoms with van der Waals surface area (Å²) < 4.78 is 0. The smallest absolute Gasteiger partial charge is 0.220 e. The van der Waals surface area contributed by atoms with Gasteiger partial charge >= 0.3 is 0 Å². The van der Waals surface area contributed by atoms with Crippen molar-refractivity contribution >= 4 is 35.5 Å². The molecule has 0 rings (SSSR count). The SMILES string of the molecule is C=CNC(C)=O.[Na]. The second-order valence-electron chi connectivity index (χ2n) is 0.905. The summed E-state index contributed by atoms with van der Waals surface area (Å²) in [5, 5.41) is 2.33. The van der Waals surface area contributed by atoms with Gasteiger partial charge in [0.05, 0.1) is 0 Å². The van der Waals surface area contributed by atoms with Crippen LogP contribution >= 0.6 is 0 Å². The molecule has 0 heterocycles. The van der Waals surface area contributed by atoms with Crippen LogP contribution < -0.4 is 5.32 Å². The Morgan fingerprint density at radius 3 is 2.29 bits per heavy atom.